The standard InChI is InChI=1S/C16H17NO3/c1-17(19)16(18)11-12-20-15-9-7-14(8-10-15)13-5-3-2-4-6-13/h2-10,19H,11-12H2,1H3. The van der Waals surface area contributed by atoms with Crippen LogP contribution in [0.25, 0.3) is 11.1 Å². The molecule has 0 saturated carbocycles. The Hall–Kier alpha value is -2.33. The van der Waals surface area contributed by atoms with Crippen molar-refractivity contribution in [3.8, 4) is 16.9 Å². The lowest BCUT2D eigenvalue weighted by molar-refractivity contribution is -0.159. The van der Waals surface area contributed by atoms with Crippen LogP contribution < -0.4 is 4.74 Å². The van der Waals surface area contributed by atoms with E-state index >= 15 is 0 Å². The molecule has 4 nitrogen and oxygen atoms in total. The van der Waals surface area contributed by atoms with Crippen molar-refractivity contribution in [2.24, 2.45) is 0 Å². The molecule has 20 heavy (non-hydrogen) atoms. The molecule has 0 bridgehead atoms. The van der Waals surface area contributed by atoms with Crippen molar-refractivity contribution >= 4 is 5.91 Å². The smallest absolute Gasteiger partial charge is 0.249 e. The Balaban J connectivity index is 1.91. The van der Waals surface area contributed by atoms with Crippen molar-refractivity contribution in [2.45, 2.75) is 6.42 Å². The first kappa shape index (κ1) is 14.1. The summed E-state index contributed by atoms with van der Waals surface area (Å²) in [5.74, 6) is 0.337. The largest absolute Gasteiger partial charge is 0.493 e. The van der Waals surface area contributed by atoms with Crippen LogP contribution in [0.4, 0.5) is 0 Å². The number of rotatable bonds is 5. The average Bonchev–Trinajstić information content (AvgIpc) is 2.48. The van der Waals surface area contributed by atoms with E-state index in [-0.39, 0.29) is 18.9 Å². The number of carbonyl (C=O) groups excluding carboxylic acids is 1. The monoisotopic (exact) mass is 271 g/mol. The fourth-order valence-electron chi connectivity index (χ4n) is 1.79. The van der Waals surface area contributed by atoms with Gasteiger partial charge in [0.15, 0.2) is 0 Å². The molecule has 0 unspecified atom stereocenters. The Bertz CT molecular complexity index is 550. The number of hydrogen-bond donors (Lipinski definition) is 1. The molecule has 1 amide bonds. The van der Waals surface area contributed by atoms with Crippen LogP contribution in [-0.2, 0) is 4.79 Å². The van der Waals surface area contributed by atoms with Gasteiger partial charge in [-0.25, -0.2) is 5.06 Å². The Morgan fingerprint density at radius 3 is 2.25 bits per heavy atom. The van der Waals surface area contributed by atoms with E-state index in [0.717, 1.165) is 11.1 Å². The van der Waals surface area contributed by atoms with E-state index in [1.807, 2.05) is 54.6 Å². The van der Waals surface area contributed by atoms with E-state index in [2.05, 4.69) is 0 Å². The second-order valence-electron chi connectivity index (χ2n) is 4.41. The van der Waals surface area contributed by atoms with Gasteiger partial charge in [-0.2, -0.15) is 0 Å². The van der Waals surface area contributed by atoms with Crippen LogP contribution >= 0.6 is 0 Å². The SMILES string of the molecule is CN(O)C(=O)CCOc1ccc(-c2ccccc2)cc1. The predicted octanol–water partition coefficient (Wildman–Crippen LogP) is 2.97. The number of ether oxygens (including phenoxy) is 1. The van der Waals surface area contributed by atoms with Crippen molar-refractivity contribution < 1.29 is 14.7 Å². The van der Waals surface area contributed by atoms with Crippen molar-refractivity contribution in [2.75, 3.05) is 13.7 Å². The highest BCUT2D eigenvalue weighted by atomic mass is 16.5. The van der Waals surface area contributed by atoms with E-state index in [4.69, 9.17) is 9.94 Å². The van der Waals surface area contributed by atoms with Gasteiger partial charge in [0.2, 0.25) is 5.91 Å². The summed E-state index contributed by atoms with van der Waals surface area (Å²) < 4.78 is 5.46. The molecule has 0 radical (unpaired) electrons. The van der Waals surface area contributed by atoms with Crippen LogP contribution in [0.2, 0.25) is 0 Å². The summed E-state index contributed by atoms with van der Waals surface area (Å²) in [4.78, 5) is 11.2. The van der Waals surface area contributed by atoms with Crippen LogP contribution in [0.1, 0.15) is 6.42 Å². The average molecular weight is 271 g/mol. The van der Waals surface area contributed by atoms with Gasteiger partial charge in [0, 0.05) is 7.05 Å². The van der Waals surface area contributed by atoms with Crippen LogP contribution in [-0.4, -0.2) is 29.8 Å². The fourth-order valence-corrected chi connectivity index (χ4v) is 1.79. The normalized spacial score (nSPS) is 10.1. The van der Waals surface area contributed by atoms with Gasteiger partial charge < -0.3 is 4.74 Å². The topological polar surface area (TPSA) is 49.8 Å². The van der Waals surface area contributed by atoms with Crippen molar-refractivity contribution in [1.82, 2.24) is 5.06 Å². The summed E-state index contributed by atoms with van der Waals surface area (Å²) in [6.07, 6.45) is 0.146. The quantitative estimate of drug-likeness (QED) is 0.672. The number of benzene rings is 2. The third-order valence-electron chi connectivity index (χ3n) is 2.91. The van der Waals surface area contributed by atoms with E-state index in [0.29, 0.717) is 10.8 Å². The van der Waals surface area contributed by atoms with Crippen molar-refractivity contribution in [1.29, 1.82) is 0 Å². The summed E-state index contributed by atoms with van der Waals surface area (Å²) in [5, 5.41) is 9.48. The van der Waals surface area contributed by atoms with Crippen molar-refractivity contribution in [3.05, 3.63) is 54.6 Å². The maximum Gasteiger partial charge on any atom is 0.249 e. The molecule has 0 heterocycles. The van der Waals surface area contributed by atoms with E-state index in [1.54, 1.807) is 0 Å². The Morgan fingerprint density at radius 1 is 1.05 bits per heavy atom. The third kappa shape index (κ3) is 3.83. The zero-order valence-corrected chi connectivity index (χ0v) is 11.3. The van der Waals surface area contributed by atoms with Gasteiger partial charge in [-0.1, -0.05) is 42.5 Å². The number of hydroxylamine groups is 2. The molecule has 2 rings (SSSR count). The lowest BCUT2D eigenvalue weighted by Crippen LogP contribution is -2.24. The molecule has 0 saturated heterocycles. The molecule has 0 aliphatic carbocycles. The number of nitrogens with zero attached hydrogens (tertiary/aromatic N) is 1. The number of amides is 1. The molecule has 4 heteroatoms. The summed E-state index contributed by atoms with van der Waals surface area (Å²) in [6.45, 7) is 0.244. The number of carbonyl (C=O) groups is 1. The molecule has 0 aliphatic rings. The first-order valence-electron chi connectivity index (χ1n) is 6.40. The van der Waals surface area contributed by atoms with Crippen molar-refractivity contribution in [3.63, 3.8) is 0 Å². The summed E-state index contributed by atoms with van der Waals surface area (Å²) in [6, 6.07) is 17.8. The van der Waals surface area contributed by atoms with Crippen LogP contribution in [0.3, 0.4) is 0 Å². The molecular weight excluding hydrogens is 254 g/mol. The van der Waals surface area contributed by atoms with Gasteiger partial charge in [0.1, 0.15) is 5.75 Å². The highest BCUT2D eigenvalue weighted by molar-refractivity contribution is 5.74. The summed E-state index contributed by atoms with van der Waals surface area (Å²) >= 11 is 0. The van der Waals surface area contributed by atoms with Gasteiger partial charge >= 0.3 is 0 Å². The predicted molar refractivity (Wildman–Crippen MR) is 76.5 cm³/mol. The van der Waals surface area contributed by atoms with Gasteiger partial charge in [0.05, 0.1) is 13.0 Å². The lowest BCUT2D eigenvalue weighted by Gasteiger charge is -2.10. The third-order valence-corrected chi connectivity index (χ3v) is 2.91. The van der Waals surface area contributed by atoms with Crippen LogP contribution in [0.15, 0.2) is 54.6 Å². The molecule has 0 aliphatic heterocycles. The first-order valence-corrected chi connectivity index (χ1v) is 6.40. The molecule has 104 valence electrons. The van der Waals surface area contributed by atoms with Crippen LogP contribution in [0, 0.1) is 0 Å². The zero-order valence-electron chi connectivity index (χ0n) is 11.3. The molecule has 0 atom stereocenters. The van der Waals surface area contributed by atoms with Gasteiger partial charge in [-0.15, -0.1) is 0 Å². The number of hydrogen-bond acceptors (Lipinski definition) is 3. The Labute approximate surface area is 118 Å². The summed E-state index contributed by atoms with van der Waals surface area (Å²) in [7, 11) is 1.30. The summed E-state index contributed by atoms with van der Waals surface area (Å²) in [5.41, 5.74) is 2.26. The fraction of sp³-hybridized carbons (Fsp3) is 0.188. The van der Waals surface area contributed by atoms with Gasteiger partial charge in [-0.05, 0) is 23.3 Å². The Morgan fingerprint density at radius 2 is 1.65 bits per heavy atom. The van der Waals surface area contributed by atoms with E-state index < -0.39 is 0 Å². The first-order chi connectivity index (χ1) is 9.66. The van der Waals surface area contributed by atoms with E-state index in [9.17, 15) is 4.79 Å². The molecular formula is C16H17NO3. The molecule has 1 N–H and O–H groups in total. The maximum atomic E-state index is 11.2. The zero-order chi connectivity index (χ0) is 14.4. The van der Waals surface area contributed by atoms with Crippen LogP contribution in [0.5, 0.6) is 5.75 Å². The minimum absolute atomic E-state index is 0.146. The second kappa shape index (κ2) is 6.73. The molecule has 2 aromatic rings. The lowest BCUT2D eigenvalue weighted by atomic mass is 10.1. The minimum Gasteiger partial charge on any atom is -0.493 e. The molecule has 0 fully saturated rings. The molecule has 2 aromatic carbocycles. The molecule has 0 aromatic heterocycles. The second-order valence-corrected chi connectivity index (χ2v) is 4.41. The van der Waals surface area contributed by atoms with E-state index in [1.165, 1.54) is 7.05 Å². The highest BCUT2D eigenvalue weighted by Crippen LogP contribution is 2.22. The molecule has 0 spiro atoms. The van der Waals surface area contributed by atoms with Gasteiger partial charge in [-0.3, -0.25) is 10.0 Å². The highest BCUT2D eigenvalue weighted by Gasteiger charge is 2.05. The Kier molecular flexibility index (Phi) is 4.74. The maximum absolute atomic E-state index is 11.2. The minimum atomic E-state index is -0.370. The van der Waals surface area contributed by atoms with Gasteiger partial charge in [0.25, 0.3) is 0 Å².